The molecule has 0 atom stereocenters. The Morgan fingerprint density at radius 2 is 1.86 bits per heavy atom. The van der Waals surface area contributed by atoms with Crippen molar-refractivity contribution in [1.29, 1.82) is 0 Å². The van der Waals surface area contributed by atoms with Gasteiger partial charge in [0, 0.05) is 29.6 Å². The van der Waals surface area contributed by atoms with Crippen molar-refractivity contribution in [2.45, 2.75) is 6.04 Å². The standard InChI is InChI=1S/C21H20ClN7/c1-29-10-15(11-29)25-21-20(23)26-18(12-5-3-2-4-6-12)19(27-21)13-7-14-9-24-28-17(14)16(22)8-13/h2-9,15H,10-11H2,1H3,(H2,23,26)(H,24,28)(H,25,27). The molecule has 0 radical (unpaired) electrons. The summed E-state index contributed by atoms with van der Waals surface area (Å²) in [5.41, 5.74) is 10.3. The maximum atomic E-state index is 6.49. The monoisotopic (exact) mass is 405 g/mol. The molecule has 2 aromatic heterocycles. The molecule has 2 aromatic carbocycles. The first kappa shape index (κ1) is 17.9. The Kier molecular flexibility index (Phi) is 4.34. The molecule has 0 spiro atoms. The van der Waals surface area contributed by atoms with E-state index in [2.05, 4.69) is 27.5 Å². The molecule has 7 nitrogen and oxygen atoms in total. The summed E-state index contributed by atoms with van der Waals surface area (Å²) in [5.74, 6) is 0.985. The van der Waals surface area contributed by atoms with E-state index in [0.717, 1.165) is 46.5 Å². The maximum absolute atomic E-state index is 6.49. The number of benzene rings is 2. The van der Waals surface area contributed by atoms with E-state index >= 15 is 0 Å². The minimum Gasteiger partial charge on any atom is -0.381 e. The van der Waals surface area contributed by atoms with E-state index in [9.17, 15) is 0 Å². The van der Waals surface area contributed by atoms with E-state index in [1.165, 1.54) is 0 Å². The van der Waals surface area contributed by atoms with E-state index in [4.69, 9.17) is 27.3 Å². The normalized spacial score (nSPS) is 14.8. The predicted octanol–water partition coefficient (Wildman–Crippen LogP) is 3.65. The third-order valence-electron chi connectivity index (χ3n) is 5.15. The number of nitrogens with one attached hydrogen (secondary N) is 2. The molecule has 1 fully saturated rings. The number of hydrogen-bond acceptors (Lipinski definition) is 6. The number of hydrogen-bond donors (Lipinski definition) is 3. The SMILES string of the molecule is CN1CC(Nc2nc(-c3cc(Cl)c4[nH]ncc4c3)c(-c3ccccc3)nc2N)C1. The van der Waals surface area contributed by atoms with E-state index in [-0.39, 0.29) is 0 Å². The molecular weight excluding hydrogens is 386 g/mol. The van der Waals surface area contributed by atoms with Crippen LogP contribution in [0.3, 0.4) is 0 Å². The number of aromatic amines is 1. The van der Waals surface area contributed by atoms with Crippen LogP contribution in [-0.2, 0) is 0 Å². The number of nitrogens with two attached hydrogens (primary N) is 1. The first-order valence-corrected chi connectivity index (χ1v) is 9.77. The van der Waals surface area contributed by atoms with Crippen LogP contribution in [0, 0.1) is 0 Å². The van der Waals surface area contributed by atoms with Crippen LogP contribution in [0.1, 0.15) is 0 Å². The van der Waals surface area contributed by atoms with Gasteiger partial charge in [0.25, 0.3) is 0 Å². The molecule has 4 N–H and O–H groups in total. The van der Waals surface area contributed by atoms with E-state index in [0.29, 0.717) is 22.7 Å². The van der Waals surface area contributed by atoms with Gasteiger partial charge < -0.3 is 16.0 Å². The highest BCUT2D eigenvalue weighted by molar-refractivity contribution is 6.35. The van der Waals surface area contributed by atoms with E-state index in [1.54, 1.807) is 6.20 Å². The first-order chi connectivity index (χ1) is 14.1. The molecule has 4 aromatic rings. The van der Waals surface area contributed by atoms with Gasteiger partial charge >= 0.3 is 0 Å². The van der Waals surface area contributed by atoms with Crippen LogP contribution in [0.2, 0.25) is 5.02 Å². The summed E-state index contributed by atoms with van der Waals surface area (Å²) in [6.45, 7) is 1.90. The zero-order valence-electron chi connectivity index (χ0n) is 15.9. The molecule has 1 aliphatic heterocycles. The van der Waals surface area contributed by atoms with Crippen LogP contribution in [0.5, 0.6) is 0 Å². The highest BCUT2D eigenvalue weighted by Crippen LogP contribution is 2.36. The zero-order chi connectivity index (χ0) is 20.0. The van der Waals surface area contributed by atoms with Crippen LogP contribution in [0.25, 0.3) is 33.4 Å². The Balaban J connectivity index is 1.67. The molecular formula is C21H20ClN7. The Morgan fingerprint density at radius 3 is 2.62 bits per heavy atom. The lowest BCUT2D eigenvalue weighted by Gasteiger charge is -2.37. The van der Waals surface area contributed by atoms with Crippen molar-refractivity contribution in [2.24, 2.45) is 0 Å². The summed E-state index contributed by atoms with van der Waals surface area (Å²) >= 11 is 6.49. The molecule has 8 heteroatoms. The fraction of sp³-hybridized carbons (Fsp3) is 0.190. The number of anilines is 2. The van der Waals surface area contributed by atoms with Crippen LogP contribution >= 0.6 is 11.6 Å². The highest BCUT2D eigenvalue weighted by atomic mass is 35.5. The Morgan fingerprint density at radius 1 is 1.10 bits per heavy atom. The number of nitrogens with zero attached hydrogens (tertiary/aromatic N) is 4. The van der Waals surface area contributed by atoms with Gasteiger partial charge in [-0.15, -0.1) is 0 Å². The van der Waals surface area contributed by atoms with Crippen molar-refractivity contribution in [3.8, 4) is 22.5 Å². The molecule has 1 saturated heterocycles. The summed E-state index contributed by atoms with van der Waals surface area (Å²) in [4.78, 5) is 11.8. The van der Waals surface area contributed by atoms with Gasteiger partial charge in [-0.2, -0.15) is 5.10 Å². The average Bonchev–Trinajstić information content (AvgIpc) is 3.18. The average molecular weight is 406 g/mol. The molecule has 29 heavy (non-hydrogen) atoms. The van der Waals surface area contributed by atoms with Gasteiger partial charge in [0.1, 0.15) is 0 Å². The molecule has 146 valence electrons. The molecule has 0 aliphatic carbocycles. The van der Waals surface area contributed by atoms with Crippen molar-refractivity contribution in [2.75, 3.05) is 31.2 Å². The molecule has 3 heterocycles. The first-order valence-electron chi connectivity index (χ1n) is 9.39. The largest absolute Gasteiger partial charge is 0.381 e. The predicted molar refractivity (Wildman–Crippen MR) is 117 cm³/mol. The minimum absolute atomic E-state index is 0.312. The second-order valence-electron chi connectivity index (χ2n) is 7.38. The Hall–Kier alpha value is -3.16. The molecule has 0 bridgehead atoms. The number of likely N-dealkylation sites (tertiary alicyclic amines) is 1. The Bertz CT molecular complexity index is 1180. The van der Waals surface area contributed by atoms with Crippen LogP contribution < -0.4 is 11.1 Å². The van der Waals surface area contributed by atoms with Crippen LogP contribution in [0.15, 0.2) is 48.7 Å². The second-order valence-corrected chi connectivity index (χ2v) is 7.78. The number of H-pyrrole nitrogens is 1. The van der Waals surface area contributed by atoms with E-state index in [1.807, 2.05) is 42.5 Å². The number of halogens is 1. The lowest BCUT2D eigenvalue weighted by Crippen LogP contribution is -2.52. The third-order valence-corrected chi connectivity index (χ3v) is 5.45. The number of rotatable bonds is 4. The molecule has 0 unspecified atom stereocenters. The lowest BCUT2D eigenvalue weighted by molar-refractivity contribution is 0.205. The number of likely N-dealkylation sites (N-methyl/N-ethyl adjacent to an activating group) is 1. The molecule has 0 amide bonds. The fourth-order valence-corrected chi connectivity index (χ4v) is 3.96. The number of fused-ring (bicyclic) bond motifs is 1. The van der Waals surface area contributed by atoms with Crippen molar-refractivity contribution >= 4 is 34.1 Å². The topological polar surface area (TPSA) is 95.8 Å². The van der Waals surface area contributed by atoms with Crippen LogP contribution in [-0.4, -0.2) is 51.2 Å². The van der Waals surface area contributed by atoms with Gasteiger partial charge in [0.2, 0.25) is 0 Å². The molecule has 0 saturated carbocycles. The van der Waals surface area contributed by atoms with Crippen LogP contribution in [0.4, 0.5) is 11.6 Å². The van der Waals surface area contributed by atoms with Gasteiger partial charge in [-0.3, -0.25) is 5.10 Å². The van der Waals surface area contributed by atoms with Crippen molar-refractivity contribution in [3.05, 3.63) is 53.7 Å². The summed E-state index contributed by atoms with van der Waals surface area (Å²) in [6.07, 6.45) is 1.75. The smallest absolute Gasteiger partial charge is 0.169 e. The summed E-state index contributed by atoms with van der Waals surface area (Å²) in [5, 5.41) is 11.9. The quantitative estimate of drug-likeness (QED) is 0.479. The fourth-order valence-electron chi connectivity index (χ4n) is 3.69. The Labute approximate surface area is 172 Å². The highest BCUT2D eigenvalue weighted by Gasteiger charge is 2.25. The zero-order valence-corrected chi connectivity index (χ0v) is 16.6. The van der Waals surface area contributed by atoms with E-state index < -0.39 is 0 Å². The number of nitrogen functional groups attached to an aromatic ring is 1. The number of aromatic nitrogens is 4. The molecule has 1 aliphatic rings. The summed E-state index contributed by atoms with van der Waals surface area (Å²) in [7, 11) is 2.08. The maximum Gasteiger partial charge on any atom is 0.169 e. The van der Waals surface area contributed by atoms with Crippen molar-refractivity contribution in [1.82, 2.24) is 25.1 Å². The lowest BCUT2D eigenvalue weighted by atomic mass is 10.0. The third kappa shape index (κ3) is 3.28. The summed E-state index contributed by atoms with van der Waals surface area (Å²) < 4.78 is 0. The van der Waals surface area contributed by atoms with Gasteiger partial charge in [-0.25, -0.2) is 9.97 Å². The van der Waals surface area contributed by atoms with Gasteiger partial charge in [-0.05, 0) is 19.2 Å². The molecule has 5 rings (SSSR count). The summed E-state index contributed by atoms with van der Waals surface area (Å²) in [6, 6.07) is 14.1. The van der Waals surface area contributed by atoms with Gasteiger partial charge in [-0.1, -0.05) is 41.9 Å². The van der Waals surface area contributed by atoms with Gasteiger partial charge in [0.15, 0.2) is 11.6 Å². The minimum atomic E-state index is 0.312. The van der Waals surface area contributed by atoms with Crippen molar-refractivity contribution < 1.29 is 0 Å². The van der Waals surface area contributed by atoms with Crippen molar-refractivity contribution in [3.63, 3.8) is 0 Å². The van der Waals surface area contributed by atoms with Gasteiger partial charge in [0.05, 0.1) is 34.2 Å². The second kappa shape index (κ2) is 7.02.